The molecule has 3 heterocycles. The van der Waals surface area contributed by atoms with Gasteiger partial charge in [-0.25, -0.2) is 24.5 Å². The van der Waals surface area contributed by atoms with Gasteiger partial charge in [-0.3, -0.25) is 9.47 Å². The second kappa shape index (κ2) is 13.1. The molecule has 51 heavy (non-hydrogen) atoms. The molecule has 2 unspecified atom stereocenters. The molecule has 2 aromatic heterocycles. The minimum atomic E-state index is -5.09. The number of halogens is 6. The van der Waals surface area contributed by atoms with Crippen LogP contribution in [0.15, 0.2) is 79.5 Å². The number of alkyl halides is 6. The number of benzene rings is 3. The first-order valence-electron chi connectivity index (χ1n) is 15.2. The van der Waals surface area contributed by atoms with Gasteiger partial charge in [-0.15, -0.1) is 0 Å². The molecule has 10 nitrogen and oxygen atoms in total. The zero-order valence-electron chi connectivity index (χ0n) is 27.0. The van der Waals surface area contributed by atoms with E-state index in [1.165, 1.54) is 49.5 Å². The number of carboxylic acids is 1. The topological polar surface area (TPSA) is 120 Å². The lowest BCUT2D eigenvalue weighted by atomic mass is 9.94. The van der Waals surface area contributed by atoms with E-state index in [0.29, 0.717) is 40.1 Å². The summed E-state index contributed by atoms with van der Waals surface area (Å²) in [4.78, 5) is 39.1. The number of carbonyl (C=O) groups excluding carboxylic acids is 1. The molecule has 3 aromatic carbocycles. The van der Waals surface area contributed by atoms with Crippen LogP contribution >= 0.6 is 0 Å². The molecule has 1 aliphatic heterocycles. The van der Waals surface area contributed by atoms with E-state index in [0.717, 1.165) is 10.5 Å². The van der Waals surface area contributed by atoms with E-state index < -0.39 is 53.3 Å². The second-order valence-corrected chi connectivity index (χ2v) is 11.8. The highest BCUT2D eigenvalue weighted by Gasteiger charge is 2.43. The van der Waals surface area contributed by atoms with Gasteiger partial charge in [-0.05, 0) is 78.6 Å². The largest absolute Gasteiger partial charge is 0.496 e. The molecule has 2 atom stereocenters. The molecule has 0 aliphatic carbocycles. The summed E-state index contributed by atoms with van der Waals surface area (Å²) in [6.07, 6.45) is -6.63. The van der Waals surface area contributed by atoms with Crippen LogP contribution in [0.3, 0.4) is 0 Å². The van der Waals surface area contributed by atoms with Gasteiger partial charge < -0.3 is 14.6 Å². The zero-order valence-corrected chi connectivity index (χ0v) is 27.0. The second-order valence-electron chi connectivity index (χ2n) is 11.8. The molecule has 16 heteroatoms. The van der Waals surface area contributed by atoms with Crippen LogP contribution < -0.4 is 4.74 Å². The van der Waals surface area contributed by atoms with Crippen LogP contribution in [0.25, 0.3) is 28.2 Å². The lowest BCUT2D eigenvalue weighted by Crippen LogP contribution is -2.32. The van der Waals surface area contributed by atoms with Crippen molar-refractivity contribution < 1.29 is 50.5 Å². The average Bonchev–Trinajstić information content (AvgIpc) is 3.72. The average molecular weight is 712 g/mol. The minimum absolute atomic E-state index is 0.0109. The van der Waals surface area contributed by atoms with Gasteiger partial charge in [0.1, 0.15) is 18.2 Å². The van der Waals surface area contributed by atoms with Gasteiger partial charge in [0.25, 0.3) is 0 Å². The van der Waals surface area contributed by atoms with Crippen molar-refractivity contribution in [3.05, 3.63) is 113 Å². The van der Waals surface area contributed by atoms with Gasteiger partial charge in [0.2, 0.25) is 5.95 Å². The van der Waals surface area contributed by atoms with E-state index in [2.05, 4.69) is 15.0 Å². The zero-order chi connectivity index (χ0) is 36.8. The molecule has 1 saturated heterocycles. The third-order valence-electron chi connectivity index (χ3n) is 8.52. The molecule has 264 valence electrons. The standard InChI is InChI=1S/C35H27F6N5O5/c1-18-10-21(31(47)48)4-6-25(18)20-5-7-29(50-3)26(13-20)27-15-43-32(45-9-8-42-17-45)44-28(27)16-46-19(2)30(51-33(46)49)22-11-23(34(36,37)38)14-24(12-22)35(39,40)41/h4-15,17,19,30H,16H2,1-3H3,(H,47,48). The van der Waals surface area contributed by atoms with Gasteiger partial charge in [-0.2, -0.15) is 26.3 Å². The smallest absolute Gasteiger partial charge is 0.416 e. The van der Waals surface area contributed by atoms with Crippen molar-refractivity contribution in [3.63, 3.8) is 0 Å². The predicted molar refractivity (Wildman–Crippen MR) is 169 cm³/mol. The molecule has 0 saturated carbocycles. The van der Waals surface area contributed by atoms with Crippen molar-refractivity contribution in [1.82, 2.24) is 24.4 Å². The van der Waals surface area contributed by atoms with Crippen molar-refractivity contribution in [2.75, 3.05) is 7.11 Å². The highest BCUT2D eigenvalue weighted by atomic mass is 19.4. The van der Waals surface area contributed by atoms with Gasteiger partial charge in [0.05, 0.1) is 42.1 Å². The maximum atomic E-state index is 13.7. The third-order valence-corrected chi connectivity index (χ3v) is 8.52. The molecular weight excluding hydrogens is 684 g/mol. The number of ether oxygens (including phenoxy) is 2. The summed E-state index contributed by atoms with van der Waals surface area (Å²) in [5, 5.41) is 9.41. The van der Waals surface area contributed by atoms with Gasteiger partial charge in [-0.1, -0.05) is 12.1 Å². The molecule has 1 amide bonds. The molecule has 5 aromatic rings. The molecule has 6 rings (SSSR count). The summed E-state index contributed by atoms with van der Waals surface area (Å²) in [5.41, 5.74) is -0.222. The first-order chi connectivity index (χ1) is 24.0. The molecular formula is C35H27F6N5O5. The number of amides is 1. The fraction of sp³-hybridized carbons (Fsp3) is 0.229. The quantitative estimate of drug-likeness (QED) is 0.160. The molecule has 0 spiro atoms. The van der Waals surface area contributed by atoms with Crippen molar-refractivity contribution in [2.24, 2.45) is 0 Å². The van der Waals surface area contributed by atoms with E-state index in [-0.39, 0.29) is 29.8 Å². The molecule has 0 bridgehead atoms. The highest BCUT2D eigenvalue weighted by molar-refractivity contribution is 5.89. The summed E-state index contributed by atoms with van der Waals surface area (Å²) >= 11 is 0. The Bertz CT molecular complexity index is 2100. The number of aryl methyl sites for hydroxylation is 1. The molecule has 0 radical (unpaired) electrons. The van der Waals surface area contributed by atoms with Gasteiger partial charge >= 0.3 is 24.4 Å². The fourth-order valence-electron chi connectivity index (χ4n) is 5.92. The van der Waals surface area contributed by atoms with Crippen LogP contribution in [-0.4, -0.2) is 54.7 Å². The summed E-state index contributed by atoms with van der Waals surface area (Å²) in [6.45, 7) is 2.92. The van der Waals surface area contributed by atoms with E-state index in [4.69, 9.17) is 9.47 Å². The lowest BCUT2D eigenvalue weighted by Gasteiger charge is -2.23. The Labute approximate surface area is 285 Å². The van der Waals surface area contributed by atoms with E-state index in [1.807, 2.05) is 0 Å². The van der Waals surface area contributed by atoms with Crippen molar-refractivity contribution in [2.45, 2.75) is 44.9 Å². The van der Waals surface area contributed by atoms with Crippen LogP contribution in [-0.2, 0) is 23.6 Å². The number of methoxy groups -OCH3 is 1. The Morgan fingerprint density at radius 2 is 1.67 bits per heavy atom. The number of aromatic nitrogens is 4. The third kappa shape index (κ3) is 6.93. The number of hydrogen-bond acceptors (Lipinski definition) is 7. The number of carboxylic acid groups (broad SMARTS) is 1. The summed E-state index contributed by atoms with van der Waals surface area (Å²) in [5.74, 6) is -0.533. The highest BCUT2D eigenvalue weighted by Crippen LogP contribution is 2.42. The Morgan fingerprint density at radius 1 is 0.961 bits per heavy atom. The lowest BCUT2D eigenvalue weighted by molar-refractivity contribution is -0.143. The van der Waals surface area contributed by atoms with Crippen molar-refractivity contribution in [3.8, 4) is 34.0 Å². The van der Waals surface area contributed by atoms with Gasteiger partial charge in [0.15, 0.2) is 0 Å². The van der Waals surface area contributed by atoms with Crippen molar-refractivity contribution in [1.29, 1.82) is 0 Å². The van der Waals surface area contributed by atoms with Crippen LogP contribution in [0.5, 0.6) is 5.75 Å². The van der Waals surface area contributed by atoms with Crippen molar-refractivity contribution >= 4 is 12.1 Å². The number of carbonyl (C=O) groups is 2. The van der Waals surface area contributed by atoms with Crippen LogP contribution in [0.2, 0.25) is 0 Å². The first kappa shape index (κ1) is 34.9. The SMILES string of the molecule is COc1ccc(-c2ccc(C(=O)O)cc2C)cc1-c1cnc(-n2ccnc2)nc1CN1C(=O)OC(c2cc(C(F)(F)F)cc(C(F)(F)F)c2)C1C. The molecule has 1 aliphatic rings. The number of imidazole rings is 1. The Hall–Kier alpha value is -5.93. The Morgan fingerprint density at radius 3 is 2.25 bits per heavy atom. The van der Waals surface area contributed by atoms with E-state index in [9.17, 15) is 41.0 Å². The van der Waals surface area contributed by atoms with Crippen LogP contribution in [0.1, 0.15) is 51.3 Å². The number of cyclic esters (lactones) is 1. The monoisotopic (exact) mass is 711 g/mol. The number of hydrogen-bond donors (Lipinski definition) is 1. The van der Waals surface area contributed by atoms with E-state index in [1.54, 1.807) is 37.4 Å². The van der Waals surface area contributed by atoms with Crippen LogP contribution in [0, 0.1) is 6.92 Å². The Balaban J connectivity index is 1.43. The maximum absolute atomic E-state index is 13.7. The Kier molecular flexibility index (Phi) is 8.95. The van der Waals surface area contributed by atoms with Gasteiger partial charge in [0, 0.05) is 29.7 Å². The minimum Gasteiger partial charge on any atom is -0.496 e. The van der Waals surface area contributed by atoms with E-state index >= 15 is 0 Å². The molecule has 1 N–H and O–H groups in total. The predicted octanol–water partition coefficient (Wildman–Crippen LogP) is 8.13. The van der Waals surface area contributed by atoms with Crippen LogP contribution in [0.4, 0.5) is 31.1 Å². The summed E-state index contributed by atoms with van der Waals surface area (Å²) in [6, 6.07) is 9.99. The molecule has 1 fully saturated rings. The summed E-state index contributed by atoms with van der Waals surface area (Å²) in [7, 11) is 1.45. The normalized spacial score (nSPS) is 16.3. The number of nitrogens with zero attached hydrogens (tertiary/aromatic N) is 5. The summed E-state index contributed by atoms with van der Waals surface area (Å²) < 4.78 is 94.5. The number of aromatic carboxylic acids is 1. The first-order valence-corrected chi connectivity index (χ1v) is 15.2. The number of rotatable bonds is 8. The maximum Gasteiger partial charge on any atom is 0.416 e. The fourth-order valence-corrected chi connectivity index (χ4v) is 5.92.